The molecule has 8 aromatic rings. The van der Waals surface area contributed by atoms with E-state index in [4.69, 9.17) is 4.42 Å². The third kappa shape index (κ3) is 8.34. The van der Waals surface area contributed by atoms with Gasteiger partial charge in [-0.1, -0.05) is 0 Å². The molecule has 0 radical (unpaired) electrons. The Morgan fingerprint density at radius 2 is 0.422 bits per heavy atom. The Bertz CT molecular complexity index is 2780. The fourth-order valence-electron chi connectivity index (χ4n) is 9.52. The van der Waals surface area contributed by atoms with Crippen LogP contribution in [0.3, 0.4) is 0 Å². The molecule has 0 atom stereocenters. The molecule has 0 fully saturated rings. The molecule has 4 aromatic heterocycles. The number of hydrogen-bond acceptors (Lipinski definition) is 4. The molecule has 0 amide bonds. The molecule has 0 aliphatic rings. The highest BCUT2D eigenvalue weighted by atomic mass is 32.1. The van der Waals surface area contributed by atoms with E-state index in [1.54, 1.807) is 0 Å². The quantitative estimate of drug-likeness (QED) is 0.152. The summed E-state index contributed by atoms with van der Waals surface area (Å²) in [6, 6.07) is 0. The van der Waals surface area contributed by atoms with Crippen molar-refractivity contribution in [3.63, 3.8) is 0 Å². The maximum Gasteiger partial charge on any atom is 0.138 e. The first-order valence-corrected chi connectivity index (χ1v) is 24.0. The first-order chi connectivity index (χ1) is 29.6. The van der Waals surface area contributed by atoms with E-state index in [9.17, 15) is 0 Å². The first-order valence-electron chi connectivity index (χ1n) is 23.2. The molecule has 64 heavy (non-hydrogen) atoms. The second-order valence-electron chi connectivity index (χ2n) is 19.3. The van der Waals surface area contributed by atoms with Gasteiger partial charge in [0.1, 0.15) is 11.2 Å². The summed E-state index contributed by atoms with van der Waals surface area (Å²) in [4.78, 5) is 8.87. The zero-order valence-electron chi connectivity index (χ0n) is 44.7. The standard InChI is InChI=1S/C20H24O.C20H24S.2C10H15N/c2*1-9-11(3)15(7)19-17(13(9)5)18-14(6)10(2)12(4)16(8)20(18)21-19;2*1-6-7(2)9(4)11-10(5)8(6)3/h2*1-8H3;2*1-5H3. The molecule has 8 rings (SSSR count). The maximum atomic E-state index is 6.35. The summed E-state index contributed by atoms with van der Waals surface area (Å²) in [5, 5.41) is 5.63. The number of rotatable bonds is 0. The molecule has 0 unspecified atom stereocenters. The van der Waals surface area contributed by atoms with Gasteiger partial charge in [-0.05, 0) is 302 Å². The zero-order chi connectivity index (χ0) is 48.5. The van der Waals surface area contributed by atoms with Gasteiger partial charge in [0.25, 0.3) is 0 Å². The monoisotopic (exact) mass is 875 g/mol. The van der Waals surface area contributed by atoms with Gasteiger partial charge in [-0.25, -0.2) is 0 Å². The Morgan fingerprint density at radius 3 is 0.688 bits per heavy atom. The lowest BCUT2D eigenvalue weighted by Gasteiger charge is -2.13. The summed E-state index contributed by atoms with van der Waals surface area (Å²) >= 11 is 1.99. The zero-order valence-corrected chi connectivity index (χ0v) is 45.5. The largest absolute Gasteiger partial charge is 0.455 e. The van der Waals surface area contributed by atoms with Crippen LogP contribution in [0, 0.1) is 180 Å². The SMILES string of the molecule is Cc1c(C)c(C)c2c(oc3c(C)c(C)c(C)c(C)c32)c1C.Cc1c(C)c(C)c2c(sc3c(C)c(C)c(C)c(C)c32)c1C.Cc1nc(C)c(C)c(C)c1C.Cc1nc(C)c(C)c(C)c1C. The Kier molecular flexibility index (Phi) is 14.6. The molecule has 340 valence electrons. The smallest absolute Gasteiger partial charge is 0.138 e. The van der Waals surface area contributed by atoms with Crippen molar-refractivity contribution in [3.05, 3.63) is 145 Å². The minimum Gasteiger partial charge on any atom is -0.455 e. The Hall–Kier alpha value is -4.80. The van der Waals surface area contributed by atoms with E-state index in [-0.39, 0.29) is 0 Å². The van der Waals surface area contributed by atoms with Crippen molar-refractivity contribution in [2.24, 2.45) is 0 Å². The average molecular weight is 875 g/mol. The van der Waals surface area contributed by atoms with Crippen LogP contribution >= 0.6 is 11.3 Å². The van der Waals surface area contributed by atoms with Gasteiger partial charge in [0.2, 0.25) is 0 Å². The number of fused-ring (bicyclic) bond motifs is 6. The van der Waals surface area contributed by atoms with E-state index < -0.39 is 0 Å². The Balaban J connectivity index is 0.000000168. The van der Waals surface area contributed by atoms with Crippen molar-refractivity contribution < 1.29 is 4.42 Å². The third-order valence-electron chi connectivity index (χ3n) is 16.5. The fraction of sp³-hybridized carbons (Fsp3) is 0.433. The van der Waals surface area contributed by atoms with Crippen LogP contribution in [0.1, 0.15) is 145 Å². The summed E-state index contributed by atoms with van der Waals surface area (Å²) in [6.45, 7) is 56.9. The summed E-state index contributed by atoms with van der Waals surface area (Å²) in [7, 11) is 0. The van der Waals surface area contributed by atoms with E-state index in [2.05, 4.69) is 190 Å². The molecule has 4 heteroatoms. The minimum absolute atomic E-state index is 1.07. The molecule has 0 saturated heterocycles. The molecule has 4 heterocycles. The van der Waals surface area contributed by atoms with Gasteiger partial charge in [0.15, 0.2) is 0 Å². The number of pyridine rings is 2. The number of aromatic nitrogens is 2. The highest BCUT2D eigenvalue weighted by molar-refractivity contribution is 7.26. The van der Waals surface area contributed by atoms with Gasteiger partial charge in [-0.3, -0.25) is 9.97 Å². The van der Waals surface area contributed by atoms with Gasteiger partial charge >= 0.3 is 0 Å². The molecule has 0 bridgehead atoms. The molecule has 0 aliphatic carbocycles. The number of benzene rings is 4. The van der Waals surface area contributed by atoms with E-state index in [0.29, 0.717) is 0 Å². The van der Waals surface area contributed by atoms with Crippen LogP contribution in [0.5, 0.6) is 0 Å². The molecule has 0 aliphatic heterocycles. The van der Waals surface area contributed by atoms with E-state index in [1.165, 1.54) is 153 Å². The van der Waals surface area contributed by atoms with Crippen molar-refractivity contribution in [2.45, 2.75) is 180 Å². The molecular weight excluding hydrogens is 797 g/mol. The van der Waals surface area contributed by atoms with Crippen LogP contribution in [0.4, 0.5) is 0 Å². The Labute approximate surface area is 391 Å². The highest BCUT2D eigenvalue weighted by Gasteiger charge is 2.22. The van der Waals surface area contributed by atoms with Crippen LogP contribution in [-0.2, 0) is 0 Å². The lowest BCUT2D eigenvalue weighted by molar-refractivity contribution is 0.661. The average Bonchev–Trinajstić information content (AvgIpc) is 3.88. The van der Waals surface area contributed by atoms with Gasteiger partial charge in [-0.2, -0.15) is 0 Å². The summed E-state index contributed by atoms with van der Waals surface area (Å²) in [5.41, 5.74) is 37.3. The topological polar surface area (TPSA) is 38.9 Å². The van der Waals surface area contributed by atoms with E-state index >= 15 is 0 Å². The van der Waals surface area contributed by atoms with Crippen molar-refractivity contribution in [1.29, 1.82) is 0 Å². The number of thiophene rings is 1. The molecule has 0 spiro atoms. The van der Waals surface area contributed by atoms with Crippen LogP contribution in [0.25, 0.3) is 42.1 Å². The lowest BCUT2D eigenvalue weighted by Crippen LogP contribution is -1.98. The minimum atomic E-state index is 1.07. The Morgan fingerprint density at radius 1 is 0.219 bits per heavy atom. The second-order valence-corrected chi connectivity index (χ2v) is 20.4. The summed E-state index contributed by atoms with van der Waals surface area (Å²) < 4.78 is 9.32. The van der Waals surface area contributed by atoms with Gasteiger partial charge < -0.3 is 4.42 Å². The predicted molar refractivity (Wildman–Crippen MR) is 285 cm³/mol. The fourth-order valence-corrected chi connectivity index (χ4v) is 11.0. The van der Waals surface area contributed by atoms with Gasteiger partial charge in [0, 0.05) is 53.7 Å². The highest BCUT2D eigenvalue weighted by Crippen LogP contribution is 2.45. The number of furan rings is 1. The van der Waals surface area contributed by atoms with Gasteiger partial charge in [0.05, 0.1) is 0 Å². The number of hydrogen-bond donors (Lipinski definition) is 0. The van der Waals surface area contributed by atoms with Crippen molar-refractivity contribution in [3.8, 4) is 0 Å². The van der Waals surface area contributed by atoms with Crippen molar-refractivity contribution in [1.82, 2.24) is 9.97 Å². The van der Waals surface area contributed by atoms with Crippen molar-refractivity contribution >= 4 is 53.4 Å². The first kappa shape index (κ1) is 50.2. The van der Waals surface area contributed by atoms with Gasteiger partial charge in [-0.15, -0.1) is 11.3 Å². The van der Waals surface area contributed by atoms with Crippen LogP contribution in [0.15, 0.2) is 4.42 Å². The van der Waals surface area contributed by atoms with Crippen LogP contribution < -0.4 is 0 Å². The van der Waals surface area contributed by atoms with Crippen LogP contribution in [0.2, 0.25) is 0 Å². The third-order valence-corrected chi connectivity index (χ3v) is 17.9. The molecule has 3 nitrogen and oxygen atoms in total. The molecule has 0 N–H and O–H groups in total. The lowest BCUT2D eigenvalue weighted by atomic mass is 9.90. The number of nitrogens with zero attached hydrogens (tertiary/aromatic N) is 2. The number of aryl methyl sites for hydroxylation is 12. The van der Waals surface area contributed by atoms with Crippen LogP contribution in [-0.4, -0.2) is 9.97 Å². The van der Waals surface area contributed by atoms with E-state index in [0.717, 1.165) is 33.9 Å². The predicted octanol–water partition coefficient (Wildman–Crippen LogP) is 17.8. The molecule has 0 saturated carbocycles. The summed E-state index contributed by atoms with van der Waals surface area (Å²) in [5.74, 6) is 0. The second kappa shape index (κ2) is 18.6. The normalized spacial score (nSPS) is 11.3. The maximum absolute atomic E-state index is 6.35. The van der Waals surface area contributed by atoms with Crippen molar-refractivity contribution in [2.75, 3.05) is 0 Å². The van der Waals surface area contributed by atoms with E-state index in [1.807, 2.05) is 11.3 Å². The summed E-state index contributed by atoms with van der Waals surface area (Å²) in [6.07, 6.45) is 0. The molecular formula is C60H78N2OS. The molecule has 4 aromatic carbocycles.